The van der Waals surface area contributed by atoms with Crippen LogP contribution in [-0.2, 0) is 12.3 Å². The number of aryl methyl sites for hydroxylation is 1. The molecular weight excluding hydrogens is 469 g/mol. The largest absolute Gasteiger partial charge is 0.414 e. The average molecular weight is 497 g/mol. The summed E-state index contributed by atoms with van der Waals surface area (Å²) in [4.78, 5) is 0. The zero-order chi connectivity index (χ0) is 23.8. The Hall–Kier alpha value is -2.59. The Morgan fingerprint density at radius 2 is 0.971 bits per heavy atom. The second-order valence-corrected chi connectivity index (χ2v) is 16.2. The molecule has 0 bridgehead atoms. The first kappa shape index (κ1) is 23.2. The Labute approximate surface area is 206 Å². The van der Waals surface area contributed by atoms with Gasteiger partial charge in [-0.15, -0.1) is 0 Å². The standard InChI is InChI=1S/C28H28O3Si3/c1-21-20-28(24(4)23(3)22(21)2)34(27-18-12-7-13-19-27)30-32-29-33(31-34,25-14-8-5-9-15-25)26-16-10-6-11-17-26/h5-20H,1-4H3. The van der Waals surface area contributed by atoms with Gasteiger partial charge < -0.3 is 12.3 Å². The van der Waals surface area contributed by atoms with Crippen molar-refractivity contribution < 1.29 is 12.3 Å². The van der Waals surface area contributed by atoms with E-state index in [-0.39, 0.29) is 10.0 Å². The highest BCUT2D eigenvalue weighted by Crippen LogP contribution is 2.26. The summed E-state index contributed by atoms with van der Waals surface area (Å²) in [6, 6.07) is 33.7. The smallest absolute Gasteiger partial charge is 0.407 e. The van der Waals surface area contributed by atoms with Crippen LogP contribution >= 0.6 is 0 Å². The van der Waals surface area contributed by atoms with Crippen LogP contribution in [0.5, 0.6) is 0 Å². The molecule has 1 saturated heterocycles. The molecule has 1 aliphatic rings. The zero-order valence-electron chi connectivity index (χ0n) is 20.0. The third-order valence-corrected chi connectivity index (χ3v) is 16.7. The third-order valence-electron chi connectivity index (χ3n) is 6.96. The van der Waals surface area contributed by atoms with Crippen molar-refractivity contribution in [3.63, 3.8) is 0 Å². The molecule has 34 heavy (non-hydrogen) atoms. The van der Waals surface area contributed by atoms with Crippen LogP contribution in [0.3, 0.4) is 0 Å². The van der Waals surface area contributed by atoms with E-state index in [1.54, 1.807) is 0 Å². The van der Waals surface area contributed by atoms with E-state index in [1.807, 2.05) is 18.2 Å². The molecule has 1 fully saturated rings. The molecule has 1 heterocycles. The Morgan fingerprint density at radius 1 is 0.529 bits per heavy atom. The Morgan fingerprint density at radius 3 is 1.47 bits per heavy atom. The fraction of sp³-hybridized carbons (Fsp3) is 0.143. The maximum Gasteiger partial charge on any atom is 0.414 e. The number of hydrogen-bond acceptors (Lipinski definition) is 3. The Balaban J connectivity index is 1.81. The fourth-order valence-electron chi connectivity index (χ4n) is 4.69. The normalized spacial score (nSPS) is 19.6. The summed E-state index contributed by atoms with van der Waals surface area (Å²) in [6.07, 6.45) is 0. The van der Waals surface area contributed by atoms with E-state index >= 15 is 0 Å². The molecule has 5 rings (SSSR count). The van der Waals surface area contributed by atoms with Crippen molar-refractivity contribution in [3.05, 3.63) is 119 Å². The van der Waals surface area contributed by atoms with Gasteiger partial charge in [0.2, 0.25) is 0 Å². The molecule has 0 amide bonds. The third kappa shape index (κ3) is 3.76. The highest BCUT2D eigenvalue weighted by molar-refractivity contribution is 7.08. The summed E-state index contributed by atoms with van der Waals surface area (Å²) in [5.74, 6) is 0. The van der Waals surface area contributed by atoms with Gasteiger partial charge in [-0.25, -0.2) is 0 Å². The summed E-state index contributed by atoms with van der Waals surface area (Å²) >= 11 is 0. The monoisotopic (exact) mass is 496 g/mol. The molecule has 6 heteroatoms. The fourth-order valence-corrected chi connectivity index (χ4v) is 16.2. The van der Waals surface area contributed by atoms with Gasteiger partial charge in [-0.3, -0.25) is 0 Å². The van der Waals surface area contributed by atoms with Crippen LogP contribution in [0.2, 0.25) is 0 Å². The first-order valence-electron chi connectivity index (χ1n) is 11.5. The van der Waals surface area contributed by atoms with Gasteiger partial charge in [0.05, 0.1) is 0 Å². The summed E-state index contributed by atoms with van der Waals surface area (Å²) in [7, 11) is -6.28. The van der Waals surface area contributed by atoms with E-state index in [9.17, 15) is 0 Å². The summed E-state index contributed by atoms with van der Waals surface area (Å²) < 4.78 is 20.8. The lowest BCUT2D eigenvalue weighted by Crippen LogP contribution is -2.79. The van der Waals surface area contributed by atoms with Crippen molar-refractivity contribution in [2.75, 3.05) is 0 Å². The highest BCUT2D eigenvalue weighted by atomic mass is 28.5. The van der Waals surface area contributed by atoms with Gasteiger partial charge in [-0.1, -0.05) is 97.1 Å². The SMILES string of the molecule is Cc1cc([Si]2(c3ccccc3)O[Si]O[Si](c3ccccc3)(c3ccccc3)O2)c(C)c(C)c1C. The lowest BCUT2D eigenvalue weighted by molar-refractivity contribution is 0.292. The molecule has 1 unspecified atom stereocenters. The lowest BCUT2D eigenvalue weighted by Gasteiger charge is -2.46. The van der Waals surface area contributed by atoms with Crippen molar-refractivity contribution in [1.29, 1.82) is 0 Å². The molecule has 1 atom stereocenters. The van der Waals surface area contributed by atoms with E-state index in [0.29, 0.717) is 0 Å². The minimum absolute atomic E-state index is 0.108. The number of rotatable bonds is 4. The Kier molecular flexibility index (Phi) is 6.28. The van der Waals surface area contributed by atoms with E-state index in [0.717, 1.165) is 15.6 Å². The molecule has 1 aliphatic heterocycles. The molecule has 0 saturated carbocycles. The minimum atomic E-state index is -3.12. The predicted molar refractivity (Wildman–Crippen MR) is 144 cm³/mol. The maximum atomic E-state index is 7.48. The van der Waals surface area contributed by atoms with Gasteiger partial charge in [0.25, 0.3) is 0 Å². The number of benzene rings is 4. The van der Waals surface area contributed by atoms with Crippen LogP contribution in [0.1, 0.15) is 22.3 Å². The quantitative estimate of drug-likeness (QED) is 0.406. The van der Waals surface area contributed by atoms with Crippen molar-refractivity contribution in [3.8, 4) is 0 Å². The molecule has 170 valence electrons. The van der Waals surface area contributed by atoms with Crippen LogP contribution in [0.15, 0.2) is 97.1 Å². The molecule has 2 radical (unpaired) electrons. The first-order valence-corrected chi connectivity index (χ1v) is 16.0. The summed E-state index contributed by atoms with van der Waals surface area (Å²) in [5.41, 5.74) is 5.12. The van der Waals surface area contributed by atoms with Crippen molar-refractivity contribution >= 4 is 47.9 Å². The van der Waals surface area contributed by atoms with Crippen LogP contribution in [0.4, 0.5) is 0 Å². The van der Waals surface area contributed by atoms with Crippen molar-refractivity contribution in [1.82, 2.24) is 0 Å². The molecule has 3 nitrogen and oxygen atoms in total. The molecule has 0 spiro atoms. The summed E-state index contributed by atoms with van der Waals surface area (Å²) in [5, 5.41) is 4.49. The van der Waals surface area contributed by atoms with Crippen molar-refractivity contribution in [2.45, 2.75) is 27.7 Å². The van der Waals surface area contributed by atoms with E-state index in [2.05, 4.69) is 107 Å². The molecular formula is C28H28O3Si3. The van der Waals surface area contributed by atoms with E-state index in [1.165, 1.54) is 27.4 Å². The van der Waals surface area contributed by atoms with Gasteiger partial charge in [-0.05, 0) is 65.5 Å². The molecule has 0 aromatic heterocycles. The molecule has 0 aliphatic carbocycles. The van der Waals surface area contributed by atoms with E-state index in [4.69, 9.17) is 12.3 Å². The zero-order valence-corrected chi connectivity index (χ0v) is 23.0. The highest BCUT2D eigenvalue weighted by Gasteiger charge is 2.58. The van der Waals surface area contributed by atoms with Crippen molar-refractivity contribution in [2.24, 2.45) is 0 Å². The Bertz CT molecular complexity index is 1260. The van der Waals surface area contributed by atoms with Gasteiger partial charge in [-0.2, -0.15) is 0 Å². The first-order chi connectivity index (χ1) is 16.5. The van der Waals surface area contributed by atoms with Gasteiger partial charge >= 0.3 is 27.1 Å². The van der Waals surface area contributed by atoms with Gasteiger partial charge in [0, 0.05) is 5.19 Å². The van der Waals surface area contributed by atoms with E-state index < -0.39 is 17.1 Å². The maximum absolute atomic E-state index is 7.48. The minimum Gasteiger partial charge on any atom is -0.407 e. The summed E-state index contributed by atoms with van der Waals surface area (Å²) in [6.45, 7) is 8.78. The second-order valence-electron chi connectivity index (χ2n) is 8.84. The second kappa shape index (κ2) is 9.22. The average Bonchev–Trinajstić information content (AvgIpc) is 2.91. The molecule has 0 N–H and O–H groups in total. The van der Waals surface area contributed by atoms with Gasteiger partial charge in [0.15, 0.2) is 0 Å². The number of hydrogen-bond donors (Lipinski definition) is 0. The van der Waals surface area contributed by atoms with Crippen LogP contribution in [0, 0.1) is 27.7 Å². The lowest BCUT2D eigenvalue weighted by atomic mass is 10.00. The van der Waals surface area contributed by atoms with Crippen LogP contribution in [0.25, 0.3) is 0 Å². The van der Waals surface area contributed by atoms with Crippen LogP contribution < -0.4 is 20.7 Å². The molecule has 4 aromatic carbocycles. The van der Waals surface area contributed by atoms with Gasteiger partial charge in [0.1, 0.15) is 0 Å². The predicted octanol–water partition coefficient (Wildman–Crippen LogP) is 3.33. The topological polar surface area (TPSA) is 27.7 Å². The van der Waals surface area contributed by atoms with Crippen LogP contribution in [-0.4, -0.2) is 27.1 Å². The molecule has 4 aromatic rings.